The van der Waals surface area contributed by atoms with E-state index in [0.29, 0.717) is 17.4 Å². The number of hydrogen-bond donors (Lipinski definition) is 0. The third-order valence-electron chi connectivity index (χ3n) is 2.29. The summed E-state index contributed by atoms with van der Waals surface area (Å²) < 4.78 is 18.2. The average molecular weight is 232 g/mol. The molecular weight excluding hydrogens is 223 g/mol. The molecule has 0 aliphatic carbocycles. The van der Waals surface area contributed by atoms with E-state index < -0.39 is 5.82 Å². The number of benzene rings is 1. The van der Waals surface area contributed by atoms with Crippen molar-refractivity contribution >= 4 is 6.29 Å². The van der Waals surface area contributed by atoms with Gasteiger partial charge in [-0.05, 0) is 11.6 Å². The van der Waals surface area contributed by atoms with Crippen LogP contribution in [0.2, 0.25) is 0 Å². The second-order valence-corrected chi connectivity index (χ2v) is 3.28. The molecule has 0 aliphatic rings. The highest BCUT2D eigenvalue weighted by Gasteiger charge is 2.10. The number of ether oxygens (including phenoxy) is 1. The maximum atomic E-state index is 13.4. The molecule has 0 spiro atoms. The molecule has 1 aromatic carbocycles. The predicted octanol–water partition coefficient (Wildman–Crippen LogP) is 2.10. The summed E-state index contributed by atoms with van der Waals surface area (Å²) in [7, 11) is 1.45. The van der Waals surface area contributed by atoms with Crippen molar-refractivity contribution in [3.8, 4) is 17.1 Å². The van der Waals surface area contributed by atoms with Crippen molar-refractivity contribution in [3.05, 3.63) is 42.0 Å². The van der Waals surface area contributed by atoms with Gasteiger partial charge in [0.05, 0.1) is 12.7 Å². The van der Waals surface area contributed by atoms with Crippen molar-refractivity contribution < 1.29 is 13.9 Å². The summed E-state index contributed by atoms with van der Waals surface area (Å²) in [5, 5.41) is 0. The first kappa shape index (κ1) is 11.2. The zero-order valence-corrected chi connectivity index (χ0v) is 9.05. The van der Waals surface area contributed by atoms with Gasteiger partial charge in [-0.3, -0.25) is 4.79 Å². The summed E-state index contributed by atoms with van der Waals surface area (Å²) in [4.78, 5) is 18.7. The topological polar surface area (TPSA) is 52.1 Å². The number of nitrogens with zero attached hydrogens (tertiary/aromatic N) is 2. The first-order chi connectivity index (χ1) is 8.26. The van der Waals surface area contributed by atoms with Gasteiger partial charge in [0.25, 0.3) is 0 Å². The second-order valence-electron chi connectivity index (χ2n) is 3.28. The number of methoxy groups -OCH3 is 1. The smallest absolute Gasteiger partial charge is 0.316 e. The molecule has 4 nitrogen and oxygen atoms in total. The van der Waals surface area contributed by atoms with Crippen LogP contribution < -0.4 is 4.74 Å². The minimum absolute atomic E-state index is 0.00117. The van der Waals surface area contributed by atoms with Crippen molar-refractivity contribution in [2.45, 2.75) is 0 Å². The van der Waals surface area contributed by atoms with Crippen molar-refractivity contribution in [1.29, 1.82) is 0 Å². The van der Waals surface area contributed by atoms with Crippen LogP contribution >= 0.6 is 0 Å². The van der Waals surface area contributed by atoms with Gasteiger partial charge in [-0.2, -0.15) is 0 Å². The van der Waals surface area contributed by atoms with E-state index in [2.05, 4.69) is 9.97 Å². The summed E-state index contributed by atoms with van der Waals surface area (Å²) in [5.74, 6) is -0.562. The van der Waals surface area contributed by atoms with Crippen LogP contribution in [0, 0.1) is 5.82 Å². The third kappa shape index (κ3) is 2.13. The van der Waals surface area contributed by atoms with E-state index in [0.717, 1.165) is 0 Å². The number of rotatable bonds is 3. The standard InChI is InChI=1S/C12H9FN2O2/c1-17-12-14-5-8(6-15-12)9-3-2-4-11(13)10(9)7-16/h2-7H,1H3. The molecule has 86 valence electrons. The van der Waals surface area contributed by atoms with E-state index in [1.54, 1.807) is 6.07 Å². The van der Waals surface area contributed by atoms with Crippen molar-refractivity contribution in [3.63, 3.8) is 0 Å². The zero-order chi connectivity index (χ0) is 12.3. The summed E-state index contributed by atoms with van der Waals surface area (Å²) >= 11 is 0. The highest BCUT2D eigenvalue weighted by molar-refractivity contribution is 5.87. The van der Waals surface area contributed by atoms with E-state index in [4.69, 9.17) is 4.74 Å². The lowest BCUT2D eigenvalue weighted by molar-refractivity contribution is 0.112. The van der Waals surface area contributed by atoms with Crippen LogP contribution in [0.5, 0.6) is 6.01 Å². The van der Waals surface area contributed by atoms with Gasteiger partial charge >= 0.3 is 6.01 Å². The Morgan fingerprint density at radius 1 is 1.29 bits per heavy atom. The van der Waals surface area contributed by atoms with Crippen LogP contribution in [-0.4, -0.2) is 23.4 Å². The Hall–Kier alpha value is -2.30. The Kier molecular flexibility index (Phi) is 3.09. The predicted molar refractivity (Wildman–Crippen MR) is 59.4 cm³/mol. The molecule has 2 aromatic rings. The molecule has 0 N–H and O–H groups in total. The van der Waals surface area contributed by atoms with Gasteiger partial charge in [0.2, 0.25) is 0 Å². The fourth-order valence-corrected chi connectivity index (χ4v) is 1.47. The van der Waals surface area contributed by atoms with Gasteiger partial charge in [-0.15, -0.1) is 0 Å². The Bertz CT molecular complexity index is 541. The minimum atomic E-state index is -0.562. The van der Waals surface area contributed by atoms with E-state index in [-0.39, 0.29) is 11.6 Å². The van der Waals surface area contributed by atoms with E-state index in [1.165, 1.54) is 31.6 Å². The summed E-state index contributed by atoms with van der Waals surface area (Å²) in [6, 6.07) is 4.62. The lowest BCUT2D eigenvalue weighted by atomic mass is 10.0. The van der Waals surface area contributed by atoms with Gasteiger partial charge in [-0.25, -0.2) is 14.4 Å². The Balaban J connectivity index is 2.52. The van der Waals surface area contributed by atoms with E-state index >= 15 is 0 Å². The van der Waals surface area contributed by atoms with Gasteiger partial charge in [-0.1, -0.05) is 12.1 Å². The molecule has 0 fully saturated rings. The number of hydrogen-bond acceptors (Lipinski definition) is 4. The highest BCUT2D eigenvalue weighted by Crippen LogP contribution is 2.23. The minimum Gasteiger partial charge on any atom is -0.467 e. The van der Waals surface area contributed by atoms with Crippen LogP contribution in [0.3, 0.4) is 0 Å². The van der Waals surface area contributed by atoms with Crippen LogP contribution in [0.1, 0.15) is 10.4 Å². The monoisotopic (exact) mass is 232 g/mol. The molecule has 17 heavy (non-hydrogen) atoms. The van der Waals surface area contributed by atoms with Gasteiger partial charge in [0.1, 0.15) is 5.82 Å². The van der Waals surface area contributed by atoms with Crippen molar-refractivity contribution in [2.24, 2.45) is 0 Å². The number of carbonyl (C=O) groups is 1. The summed E-state index contributed by atoms with van der Waals surface area (Å²) in [6.45, 7) is 0. The first-order valence-corrected chi connectivity index (χ1v) is 4.86. The largest absolute Gasteiger partial charge is 0.467 e. The average Bonchev–Trinajstić information content (AvgIpc) is 2.38. The van der Waals surface area contributed by atoms with Crippen LogP contribution in [0.15, 0.2) is 30.6 Å². The molecule has 5 heteroatoms. The fourth-order valence-electron chi connectivity index (χ4n) is 1.47. The van der Waals surface area contributed by atoms with Gasteiger partial charge in [0, 0.05) is 18.0 Å². The molecule has 0 bridgehead atoms. The number of aldehydes is 1. The zero-order valence-electron chi connectivity index (χ0n) is 9.05. The molecule has 0 saturated carbocycles. The summed E-state index contributed by atoms with van der Waals surface area (Å²) in [6.07, 6.45) is 3.44. The van der Waals surface area contributed by atoms with E-state index in [1.807, 2.05) is 0 Å². The third-order valence-corrected chi connectivity index (χ3v) is 2.29. The molecule has 1 aromatic heterocycles. The highest BCUT2D eigenvalue weighted by atomic mass is 19.1. The molecule has 0 radical (unpaired) electrons. The second kappa shape index (κ2) is 4.69. The van der Waals surface area contributed by atoms with Crippen LogP contribution in [0.25, 0.3) is 11.1 Å². The SMILES string of the molecule is COc1ncc(-c2cccc(F)c2C=O)cn1. The van der Waals surface area contributed by atoms with Gasteiger partial charge in [0.15, 0.2) is 6.29 Å². The molecule has 0 amide bonds. The lowest BCUT2D eigenvalue weighted by Gasteiger charge is -2.05. The van der Waals surface area contributed by atoms with Crippen LogP contribution in [0.4, 0.5) is 4.39 Å². The lowest BCUT2D eigenvalue weighted by Crippen LogP contribution is -1.95. The molecule has 1 heterocycles. The molecule has 0 unspecified atom stereocenters. The quantitative estimate of drug-likeness (QED) is 0.760. The fraction of sp³-hybridized carbons (Fsp3) is 0.0833. The normalized spacial score (nSPS) is 10.0. The Morgan fingerprint density at radius 2 is 2.00 bits per heavy atom. The molecule has 0 aliphatic heterocycles. The number of aromatic nitrogens is 2. The Morgan fingerprint density at radius 3 is 2.59 bits per heavy atom. The van der Waals surface area contributed by atoms with E-state index in [9.17, 15) is 9.18 Å². The van der Waals surface area contributed by atoms with Gasteiger partial charge < -0.3 is 4.74 Å². The molecule has 0 atom stereocenters. The maximum absolute atomic E-state index is 13.4. The summed E-state index contributed by atoms with van der Waals surface area (Å²) in [5.41, 5.74) is 1.02. The van der Waals surface area contributed by atoms with Crippen molar-refractivity contribution in [1.82, 2.24) is 9.97 Å². The number of halogens is 1. The van der Waals surface area contributed by atoms with Crippen LogP contribution in [-0.2, 0) is 0 Å². The molecule has 0 saturated heterocycles. The molecule has 2 rings (SSSR count). The maximum Gasteiger partial charge on any atom is 0.316 e. The number of carbonyl (C=O) groups excluding carboxylic acids is 1. The van der Waals surface area contributed by atoms with Crippen molar-refractivity contribution in [2.75, 3.05) is 7.11 Å². The Labute approximate surface area is 97.1 Å². The first-order valence-electron chi connectivity index (χ1n) is 4.86. The molecular formula is C12H9FN2O2.